The molecule has 3 aromatic rings. The molecular formula is C20H23FN6O. The number of likely N-dealkylation sites (tertiary alicyclic amines) is 1. The molecule has 0 unspecified atom stereocenters. The lowest BCUT2D eigenvalue weighted by Crippen LogP contribution is -2.49. The third-order valence-electron chi connectivity index (χ3n) is 6.30. The van der Waals surface area contributed by atoms with Crippen LogP contribution in [0.2, 0.25) is 0 Å². The van der Waals surface area contributed by atoms with Crippen molar-refractivity contribution in [2.24, 2.45) is 5.41 Å². The molecule has 8 heteroatoms. The number of nitrogen functional groups attached to an aromatic ring is 1. The van der Waals surface area contributed by atoms with E-state index in [2.05, 4.69) is 15.3 Å². The van der Waals surface area contributed by atoms with Gasteiger partial charge in [0, 0.05) is 31.2 Å². The number of rotatable bonds is 1. The minimum Gasteiger partial charge on any atom is -0.369 e. The summed E-state index contributed by atoms with van der Waals surface area (Å²) in [5, 5.41) is 4.04. The Labute approximate surface area is 161 Å². The maximum absolute atomic E-state index is 14.1. The Morgan fingerprint density at radius 1 is 1.21 bits per heavy atom. The molecule has 7 nitrogen and oxygen atoms in total. The summed E-state index contributed by atoms with van der Waals surface area (Å²) < 4.78 is 15.6. The third-order valence-corrected chi connectivity index (χ3v) is 6.30. The molecule has 0 radical (unpaired) electrons. The Balaban J connectivity index is 1.45. The number of nitrogens with one attached hydrogen (secondary N) is 1. The van der Waals surface area contributed by atoms with E-state index in [4.69, 9.17) is 5.73 Å². The van der Waals surface area contributed by atoms with Crippen LogP contribution in [-0.2, 0) is 0 Å². The van der Waals surface area contributed by atoms with E-state index in [1.54, 1.807) is 22.7 Å². The number of carbonyl (C=O) groups excluding carboxylic acids is 1. The quantitative estimate of drug-likeness (QED) is 0.674. The minimum atomic E-state index is -0.454. The number of hydrogen-bond acceptors (Lipinski definition) is 5. The molecule has 0 saturated carbocycles. The molecule has 3 N–H and O–H groups in total. The summed E-state index contributed by atoms with van der Waals surface area (Å²) in [6.45, 7) is 3.60. The second-order valence-electron chi connectivity index (χ2n) is 8.00. The number of anilines is 1. The first-order valence-corrected chi connectivity index (χ1v) is 9.79. The average Bonchev–Trinajstić information content (AvgIpc) is 3.16. The molecule has 1 amide bonds. The number of fused-ring (bicyclic) bond motifs is 3. The standard InChI is InChI=1S/C20H23FN6O/c21-14-4-1-3-13-16(14)25-19(22)27-11-15(24-17(13)27)18(28)26-9-6-20(7-10-26)5-2-8-23-12-20/h1,3-4,11,23H,2,5-10,12H2,(H2,22,25). The van der Waals surface area contributed by atoms with Crippen molar-refractivity contribution < 1.29 is 9.18 Å². The molecule has 5 rings (SSSR count). The van der Waals surface area contributed by atoms with Gasteiger partial charge in [-0.25, -0.2) is 14.4 Å². The van der Waals surface area contributed by atoms with Crippen molar-refractivity contribution in [1.29, 1.82) is 0 Å². The monoisotopic (exact) mass is 382 g/mol. The first-order valence-electron chi connectivity index (χ1n) is 9.79. The molecule has 2 aromatic heterocycles. The van der Waals surface area contributed by atoms with Crippen molar-refractivity contribution in [3.05, 3.63) is 35.9 Å². The molecule has 2 saturated heterocycles. The van der Waals surface area contributed by atoms with E-state index in [-0.39, 0.29) is 17.4 Å². The Morgan fingerprint density at radius 2 is 2.04 bits per heavy atom. The number of benzene rings is 1. The number of carbonyl (C=O) groups is 1. The minimum absolute atomic E-state index is 0.105. The number of amides is 1. The van der Waals surface area contributed by atoms with Gasteiger partial charge in [-0.1, -0.05) is 6.07 Å². The number of piperidine rings is 2. The number of nitrogens with two attached hydrogens (primary N) is 1. The molecule has 1 aromatic carbocycles. The van der Waals surface area contributed by atoms with Gasteiger partial charge in [-0.3, -0.25) is 9.20 Å². The highest BCUT2D eigenvalue weighted by molar-refractivity contribution is 5.97. The zero-order valence-corrected chi connectivity index (χ0v) is 15.6. The molecule has 0 atom stereocenters. The van der Waals surface area contributed by atoms with Gasteiger partial charge in [0.05, 0.1) is 0 Å². The number of halogens is 1. The van der Waals surface area contributed by atoms with Crippen molar-refractivity contribution in [1.82, 2.24) is 24.6 Å². The normalized spacial score (nSPS) is 19.5. The van der Waals surface area contributed by atoms with Gasteiger partial charge in [-0.05, 0) is 49.8 Å². The summed E-state index contributed by atoms with van der Waals surface area (Å²) in [6.07, 6.45) is 6.07. The van der Waals surface area contributed by atoms with Gasteiger partial charge in [0.1, 0.15) is 22.7 Å². The number of aromatic nitrogens is 3. The van der Waals surface area contributed by atoms with E-state index in [0.717, 1.165) is 39.0 Å². The molecule has 28 heavy (non-hydrogen) atoms. The highest BCUT2D eigenvalue weighted by Gasteiger charge is 2.37. The van der Waals surface area contributed by atoms with Crippen LogP contribution in [0.4, 0.5) is 10.3 Å². The highest BCUT2D eigenvalue weighted by atomic mass is 19.1. The fraction of sp³-hybridized carbons (Fsp3) is 0.450. The largest absolute Gasteiger partial charge is 0.369 e. The van der Waals surface area contributed by atoms with Crippen LogP contribution in [-0.4, -0.2) is 51.4 Å². The maximum atomic E-state index is 14.1. The first-order chi connectivity index (χ1) is 13.6. The third kappa shape index (κ3) is 2.71. The SMILES string of the molecule is Nc1nc2c(F)cccc2c2nc(C(=O)N3CCC4(CCCNC4)CC3)cn12. The molecule has 0 aliphatic carbocycles. The van der Waals surface area contributed by atoms with E-state index in [9.17, 15) is 9.18 Å². The van der Waals surface area contributed by atoms with Gasteiger partial charge in [-0.2, -0.15) is 0 Å². The van der Waals surface area contributed by atoms with E-state index < -0.39 is 5.82 Å². The van der Waals surface area contributed by atoms with Gasteiger partial charge in [0.25, 0.3) is 5.91 Å². The van der Waals surface area contributed by atoms with Gasteiger partial charge >= 0.3 is 0 Å². The molecule has 0 bridgehead atoms. The summed E-state index contributed by atoms with van der Waals surface area (Å²) >= 11 is 0. The summed E-state index contributed by atoms with van der Waals surface area (Å²) in [5.74, 6) is -0.443. The molecule has 2 fully saturated rings. The van der Waals surface area contributed by atoms with Gasteiger partial charge in [0.2, 0.25) is 5.95 Å². The fourth-order valence-electron chi connectivity index (χ4n) is 4.63. The fourth-order valence-corrected chi connectivity index (χ4v) is 4.63. The van der Waals surface area contributed by atoms with Crippen LogP contribution >= 0.6 is 0 Å². The van der Waals surface area contributed by atoms with Crippen molar-refractivity contribution in [2.75, 3.05) is 31.9 Å². The van der Waals surface area contributed by atoms with Crippen LogP contribution in [0.25, 0.3) is 16.6 Å². The van der Waals surface area contributed by atoms with Gasteiger partial charge in [0.15, 0.2) is 0 Å². The van der Waals surface area contributed by atoms with Crippen LogP contribution in [0.5, 0.6) is 0 Å². The summed E-state index contributed by atoms with van der Waals surface area (Å²) in [5.41, 5.74) is 7.26. The topological polar surface area (TPSA) is 88.5 Å². The molecule has 146 valence electrons. The number of hydrogen-bond donors (Lipinski definition) is 2. The molecule has 2 aliphatic heterocycles. The average molecular weight is 382 g/mol. The van der Waals surface area contributed by atoms with Gasteiger partial charge < -0.3 is 16.0 Å². The first kappa shape index (κ1) is 17.4. The number of para-hydroxylation sites is 1. The van der Waals surface area contributed by atoms with Crippen LogP contribution in [0.15, 0.2) is 24.4 Å². The predicted molar refractivity (Wildman–Crippen MR) is 105 cm³/mol. The van der Waals surface area contributed by atoms with Crippen LogP contribution < -0.4 is 11.1 Å². The van der Waals surface area contributed by atoms with Crippen molar-refractivity contribution in [2.45, 2.75) is 25.7 Å². The molecule has 4 heterocycles. The Hall–Kier alpha value is -2.74. The zero-order chi connectivity index (χ0) is 19.3. The molecular weight excluding hydrogens is 359 g/mol. The Kier molecular flexibility index (Phi) is 3.97. The summed E-state index contributed by atoms with van der Waals surface area (Å²) in [4.78, 5) is 23.6. The lowest BCUT2D eigenvalue weighted by molar-refractivity contribution is 0.0509. The van der Waals surface area contributed by atoms with E-state index in [0.29, 0.717) is 22.1 Å². The van der Waals surface area contributed by atoms with Gasteiger partial charge in [-0.15, -0.1) is 0 Å². The van der Waals surface area contributed by atoms with Crippen LogP contribution in [0, 0.1) is 11.2 Å². The Morgan fingerprint density at radius 3 is 2.79 bits per heavy atom. The van der Waals surface area contributed by atoms with Crippen molar-refractivity contribution >= 4 is 28.4 Å². The van der Waals surface area contributed by atoms with E-state index in [1.165, 1.54) is 18.9 Å². The number of nitrogens with zero attached hydrogens (tertiary/aromatic N) is 4. The second kappa shape index (κ2) is 6.41. The maximum Gasteiger partial charge on any atom is 0.274 e. The van der Waals surface area contributed by atoms with E-state index in [1.807, 2.05) is 4.90 Å². The van der Waals surface area contributed by atoms with E-state index >= 15 is 0 Å². The molecule has 1 spiro atoms. The summed E-state index contributed by atoms with van der Waals surface area (Å²) in [7, 11) is 0. The predicted octanol–water partition coefficient (Wildman–Crippen LogP) is 2.21. The lowest BCUT2D eigenvalue weighted by Gasteiger charge is -2.44. The highest BCUT2D eigenvalue weighted by Crippen LogP contribution is 2.37. The smallest absolute Gasteiger partial charge is 0.274 e. The number of imidazole rings is 1. The lowest BCUT2D eigenvalue weighted by atomic mass is 9.73. The zero-order valence-electron chi connectivity index (χ0n) is 15.6. The van der Waals surface area contributed by atoms with Crippen molar-refractivity contribution in [3.63, 3.8) is 0 Å². The van der Waals surface area contributed by atoms with Crippen molar-refractivity contribution in [3.8, 4) is 0 Å². The Bertz CT molecular complexity index is 1060. The second-order valence-corrected chi connectivity index (χ2v) is 8.00. The van der Waals surface area contributed by atoms with Crippen LogP contribution in [0.1, 0.15) is 36.2 Å². The van der Waals surface area contributed by atoms with Crippen LogP contribution in [0.3, 0.4) is 0 Å². The molecule has 2 aliphatic rings. The summed E-state index contributed by atoms with van der Waals surface area (Å²) in [6, 6.07) is 4.68.